The van der Waals surface area contributed by atoms with Crippen molar-refractivity contribution in [2.24, 2.45) is 11.8 Å². The maximum Gasteiger partial charge on any atom is 0.00671 e. The van der Waals surface area contributed by atoms with Crippen LogP contribution in [0.3, 0.4) is 0 Å². The lowest BCUT2D eigenvalue weighted by Gasteiger charge is -2.29. The first-order valence-electron chi connectivity index (χ1n) is 6.47. The van der Waals surface area contributed by atoms with Gasteiger partial charge in [0.25, 0.3) is 0 Å². The van der Waals surface area contributed by atoms with Gasteiger partial charge in [-0.15, -0.1) is 0 Å². The summed E-state index contributed by atoms with van der Waals surface area (Å²) in [7, 11) is 0. The van der Waals surface area contributed by atoms with Crippen molar-refractivity contribution in [1.82, 2.24) is 5.32 Å². The quantitative estimate of drug-likeness (QED) is 0.710. The van der Waals surface area contributed by atoms with E-state index in [-0.39, 0.29) is 0 Å². The zero-order valence-electron chi connectivity index (χ0n) is 10.2. The van der Waals surface area contributed by atoms with Crippen LogP contribution in [0.15, 0.2) is 0 Å². The van der Waals surface area contributed by atoms with Crippen molar-refractivity contribution in [3.05, 3.63) is 0 Å². The van der Waals surface area contributed by atoms with Gasteiger partial charge in [0.2, 0.25) is 0 Å². The molecular weight excluding hydrogens is 170 g/mol. The average molecular weight is 197 g/mol. The molecule has 1 aliphatic carbocycles. The fraction of sp³-hybridized carbons (Fsp3) is 1.00. The van der Waals surface area contributed by atoms with Crippen molar-refractivity contribution in [2.45, 2.75) is 65.3 Å². The minimum atomic E-state index is 0.740. The van der Waals surface area contributed by atoms with Crippen molar-refractivity contribution in [1.29, 1.82) is 0 Å². The molecule has 1 aliphatic rings. The minimum absolute atomic E-state index is 0.740. The molecule has 1 nitrogen and oxygen atoms in total. The highest BCUT2D eigenvalue weighted by Gasteiger charge is 2.19. The van der Waals surface area contributed by atoms with Gasteiger partial charge in [0.05, 0.1) is 0 Å². The van der Waals surface area contributed by atoms with Crippen LogP contribution in [0.25, 0.3) is 0 Å². The van der Waals surface area contributed by atoms with Gasteiger partial charge in [-0.1, -0.05) is 39.5 Å². The highest BCUT2D eigenvalue weighted by Crippen LogP contribution is 2.26. The topological polar surface area (TPSA) is 12.0 Å². The van der Waals surface area contributed by atoms with Crippen LogP contribution in [-0.2, 0) is 0 Å². The average Bonchev–Trinajstić information content (AvgIpc) is 2.26. The van der Waals surface area contributed by atoms with Crippen LogP contribution >= 0.6 is 0 Å². The van der Waals surface area contributed by atoms with Crippen molar-refractivity contribution in [2.75, 3.05) is 6.54 Å². The maximum atomic E-state index is 3.70. The van der Waals surface area contributed by atoms with Crippen LogP contribution in [0, 0.1) is 11.8 Å². The monoisotopic (exact) mass is 197 g/mol. The Kier molecular flexibility index (Phi) is 5.54. The van der Waals surface area contributed by atoms with Gasteiger partial charge in [-0.2, -0.15) is 0 Å². The highest BCUT2D eigenvalue weighted by molar-refractivity contribution is 4.76. The molecule has 0 spiro atoms. The Labute approximate surface area is 89.7 Å². The Bertz CT molecular complexity index is 138. The zero-order chi connectivity index (χ0) is 10.4. The summed E-state index contributed by atoms with van der Waals surface area (Å²) >= 11 is 0. The summed E-state index contributed by atoms with van der Waals surface area (Å²) in [5.74, 6) is 1.79. The molecule has 0 saturated heterocycles. The van der Waals surface area contributed by atoms with E-state index in [0.717, 1.165) is 17.9 Å². The molecule has 1 rings (SSSR count). The number of hydrogen-bond acceptors (Lipinski definition) is 1. The Morgan fingerprint density at radius 3 is 2.36 bits per heavy atom. The predicted molar refractivity (Wildman–Crippen MR) is 63.5 cm³/mol. The SMILES string of the molecule is CCC(C)CN[C@H](C)C1CCCCC1. The Hall–Kier alpha value is -0.0400. The summed E-state index contributed by atoms with van der Waals surface area (Å²) in [6.45, 7) is 8.19. The molecule has 1 unspecified atom stereocenters. The molecule has 0 aromatic rings. The second kappa shape index (κ2) is 6.44. The molecule has 1 saturated carbocycles. The van der Waals surface area contributed by atoms with E-state index in [1.54, 1.807) is 0 Å². The molecule has 14 heavy (non-hydrogen) atoms. The molecule has 1 heteroatoms. The second-order valence-corrected chi connectivity index (χ2v) is 5.11. The van der Waals surface area contributed by atoms with Crippen LogP contribution in [0.1, 0.15) is 59.3 Å². The third kappa shape index (κ3) is 4.00. The highest BCUT2D eigenvalue weighted by atomic mass is 14.9. The molecule has 0 bridgehead atoms. The van der Waals surface area contributed by atoms with E-state index in [1.807, 2.05) is 0 Å². The predicted octanol–water partition coefficient (Wildman–Crippen LogP) is 3.59. The molecule has 0 heterocycles. The molecule has 84 valence electrons. The zero-order valence-corrected chi connectivity index (χ0v) is 10.2. The lowest BCUT2D eigenvalue weighted by molar-refractivity contribution is 0.273. The standard InChI is InChI=1S/C13H27N/c1-4-11(2)10-14-12(3)13-8-6-5-7-9-13/h11-14H,4-10H2,1-3H3/t11?,12-/m1/s1. The van der Waals surface area contributed by atoms with Crippen molar-refractivity contribution < 1.29 is 0 Å². The largest absolute Gasteiger partial charge is 0.314 e. The van der Waals surface area contributed by atoms with Crippen LogP contribution < -0.4 is 5.32 Å². The third-order valence-corrected chi connectivity index (χ3v) is 3.84. The number of rotatable bonds is 5. The normalized spacial score (nSPS) is 23.4. The maximum absolute atomic E-state index is 3.70. The molecule has 1 N–H and O–H groups in total. The molecule has 2 atom stereocenters. The molecule has 0 aromatic carbocycles. The van der Waals surface area contributed by atoms with Gasteiger partial charge in [0, 0.05) is 6.04 Å². The lowest BCUT2D eigenvalue weighted by Crippen LogP contribution is -2.37. The Morgan fingerprint density at radius 1 is 1.14 bits per heavy atom. The van der Waals surface area contributed by atoms with E-state index in [4.69, 9.17) is 0 Å². The van der Waals surface area contributed by atoms with Gasteiger partial charge in [-0.25, -0.2) is 0 Å². The van der Waals surface area contributed by atoms with Crippen LogP contribution in [0.5, 0.6) is 0 Å². The first-order valence-corrected chi connectivity index (χ1v) is 6.47. The van der Waals surface area contributed by atoms with Gasteiger partial charge < -0.3 is 5.32 Å². The van der Waals surface area contributed by atoms with Gasteiger partial charge in [0.15, 0.2) is 0 Å². The molecular formula is C13H27N. The Balaban J connectivity index is 2.16. The summed E-state index contributed by atoms with van der Waals surface area (Å²) in [4.78, 5) is 0. The van der Waals surface area contributed by atoms with Crippen LogP contribution in [0.4, 0.5) is 0 Å². The molecule has 0 radical (unpaired) electrons. The van der Waals surface area contributed by atoms with Crippen molar-refractivity contribution in [3.63, 3.8) is 0 Å². The van der Waals surface area contributed by atoms with E-state index in [9.17, 15) is 0 Å². The van der Waals surface area contributed by atoms with Gasteiger partial charge in [0.1, 0.15) is 0 Å². The van der Waals surface area contributed by atoms with E-state index in [0.29, 0.717) is 0 Å². The molecule has 0 aliphatic heterocycles. The molecule has 0 amide bonds. The van der Waals surface area contributed by atoms with E-state index in [2.05, 4.69) is 26.1 Å². The van der Waals surface area contributed by atoms with Crippen molar-refractivity contribution >= 4 is 0 Å². The van der Waals surface area contributed by atoms with E-state index < -0.39 is 0 Å². The summed E-state index contributed by atoms with van der Waals surface area (Å²) in [6.07, 6.45) is 8.59. The first kappa shape index (κ1) is 12.0. The lowest BCUT2D eigenvalue weighted by atomic mass is 9.84. The van der Waals surface area contributed by atoms with Gasteiger partial charge in [-0.3, -0.25) is 0 Å². The fourth-order valence-corrected chi connectivity index (χ4v) is 2.33. The van der Waals surface area contributed by atoms with Crippen LogP contribution in [0.2, 0.25) is 0 Å². The van der Waals surface area contributed by atoms with Gasteiger partial charge >= 0.3 is 0 Å². The van der Waals surface area contributed by atoms with Gasteiger partial charge in [-0.05, 0) is 38.1 Å². The second-order valence-electron chi connectivity index (χ2n) is 5.11. The summed E-state index contributed by atoms with van der Waals surface area (Å²) < 4.78 is 0. The molecule has 1 fully saturated rings. The minimum Gasteiger partial charge on any atom is -0.314 e. The summed E-state index contributed by atoms with van der Waals surface area (Å²) in [5, 5.41) is 3.70. The Morgan fingerprint density at radius 2 is 1.79 bits per heavy atom. The van der Waals surface area contributed by atoms with Crippen molar-refractivity contribution in [3.8, 4) is 0 Å². The fourth-order valence-electron chi connectivity index (χ4n) is 2.33. The third-order valence-electron chi connectivity index (χ3n) is 3.84. The molecule has 0 aromatic heterocycles. The van der Waals surface area contributed by atoms with Crippen LogP contribution in [-0.4, -0.2) is 12.6 Å². The van der Waals surface area contributed by atoms with E-state index >= 15 is 0 Å². The van der Waals surface area contributed by atoms with E-state index in [1.165, 1.54) is 45.1 Å². The number of hydrogen-bond donors (Lipinski definition) is 1. The summed E-state index contributed by atoms with van der Waals surface area (Å²) in [5.41, 5.74) is 0. The smallest absolute Gasteiger partial charge is 0.00671 e. The summed E-state index contributed by atoms with van der Waals surface area (Å²) in [6, 6.07) is 0.740. The first-order chi connectivity index (χ1) is 6.74. The number of nitrogens with one attached hydrogen (secondary N) is 1.